The van der Waals surface area contributed by atoms with Gasteiger partial charge in [-0.1, -0.05) is 43.7 Å². The fourth-order valence-corrected chi connectivity index (χ4v) is 3.05. The van der Waals surface area contributed by atoms with Gasteiger partial charge in [-0.05, 0) is 53.1 Å². The van der Waals surface area contributed by atoms with E-state index < -0.39 is 11.6 Å². The molecule has 0 atom stereocenters. The Morgan fingerprint density at radius 2 is 1.76 bits per heavy atom. The van der Waals surface area contributed by atoms with Crippen LogP contribution in [0, 0.1) is 17.6 Å². The topological polar surface area (TPSA) is 0 Å². The molecule has 0 bridgehead atoms. The van der Waals surface area contributed by atoms with E-state index >= 15 is 0 Å². The molecule has 0 heterocycles. The number of benzene rings is 2. The van der Waals surface area contributed by atoms with Crippen LogP contribution < -0.4 is 0 Å². The highest BCUT2D eigenvalue weighted by Gasteiger charge is 2.17. The molecule has 21 heavy (non-hydrogen) atoms. The number of allylic oxidation sites excluding steroid dienone is 1. The SMILES string of the molecule is CC(C)CC1=Cc2c(cccc2-c2cc(F)cc(F)c2)C1. The van der Waals surface area contributed by atoms with Crippen LogP contribution >= 0.6 is 0 Å². The molecule has 1 aliphatic rings. The molecule has 0 N–H and O–H groups in total. The van der Waals surface area contributed by atoms with E-state index in [1.165, 1.54) is 23.3 Å². The van der Waals surface area contributed by atoms with E-state index in [-0.39, 0.29) is 0 Å². The molecular formula is C19H18F2. The van der Waals surface area contributed by atoms with Gasteiger partial charge in [-0.3, -0.25) is 0 Å². The first-order valence-corrected chi connectivity index (χ1v) is 7.30. The van der Waals surface area contributed by atoms with E-state index in [0.717, 1.165) is 30.0 Å². The normalized spacial score (nSPS) is 13.5. The quantitative estimate of drug-likeness (QED) is 0.686. The summed E-state index contributed by atoms with van der Waals surface area (Å²) in [5, 5.41) is 0. The number of hydrogen-bond acceptors (Lipinski definition) is 0. The van der Waals surface area contributed by atoms with Crippen molar-refractivity contribution >= 4 is 6.08 Å². The standard InChI is InChI=1S/C19H18F2/c1-12(2)6-13-7-14-4-3-5-18(19(14)8-13)15-9-16(20)11-17(21)10-15/h3-5,8-12H,6-7H2,1-2H3. The van der Waals surface area contributed by atoms with Crippen molar-refractivity contribution in [3.05, 3.63) is 64.7 Å². The van der Waals surface area contributed by atoms with Crippen molar-refractivity contribution in [2.75, 3.05) is 0 Å². The number of halogens is 2. The summed E-state index contributed by atoms with van der Waals surface area (Å²) in [4.78, 5) is 0. The first-order chi connectivity index (χ1) is 10.0. The average Bonchev–Trinajstić information content (AvgIpc) is 2.78. The molecule has 0 aromatic heterocycles. The molecule has 3 rings (SSSR count). The largest absolute Gasteiger partial charge is 0.207 e. The van der Waals surface area contributed by atoms with Gasteiger partial charge in [0.2, 0.25) is 0 Å². The lowest BCUT2D eigenvalue weighted by Gasteiger charge is -2.08. The zero-order valence-electron chi connectivity index (χ0n) is 12.3. The maximum absolute atomic E-state index is 13.5. The highest BCUT2D eigenvalue weighted by Crippen LogP contribution is 2.36. The second kappa shape index (κ2) is 5.44. The zero-order chi connectivity index (χ0) is 15.0. The molecule has 0 saturated heterocycles. The van der Waals surface area contributed by atoms with Crippen LogP contribution in [-0.4, -0.2) is 0 Å². The Morgan fingerprint density at radius 3 is 2.43 bits per heavy atom. The molecule has 0 unspecified atom stereocenters. The van der Waals surface area contributed by atoms with Gasteiger partial charge in [0, 0.05) is 6.07 Å². The van der Waals surface area contributed by atoms with Gasteiger partial charge < -0.3 is 0 Å². The van der Waals surface area contributed by atoms with Crippen molar-refractivity contribution in [2.24, 2.45) is 5.92 Å². The Labute approximate surface area is 124 Å². The predicted molar refractivity (Wildman–Crippen MR) is 82.9 cm³/mol. The van der Waals surface area contributed by atoms with Gasteiger partial charge >= 0.3 is 0 Å². The van der Waals surface area contributed by atoms with Crippen LogP contribution in [0.4, 0.5) is 8.78 Å². The zero-order valence-corrected chi connectivity index (χ0v) is 12.3. The molecule has 1 aliphatic carbocycles. The molecule has 2 aromatic carbocycles. The van der Waals surface area contributed by atoms with Crippen LogP contribution in [0.5, 0.6) is 0 Å². The summed E-state index contributed by atoms with van der Waals surface area (Å²) in [5.41, 5.74) is 5.26. The fraction of sp³-hybridized carbons (Fsp3) is 0.263. The lowest BCUT2D eigenvalue weighted by Crippen LogP contribution is -1.92. The predicted octanol–water partition coefficient (Wildman–Crippen LogP) is 5.62. The molecule has 0 amide bonds. The maximum atomic E-state index is 13.5. The number of fused-ring (bicyclic) bond motifs is 1. The summed E-state index contributed by atoms with van der Waals surface area (Å²) in [6.07, 6.45) is 4.19. The van der Waals surface area contributed by atoms with Gasteiger partial charge in [0.25, 0.3) is 0 Å². The average molecular weight is 284 g/mol. The summed E-state index contributed by atoms with van der Waals surface area (Å²) in [6.45, 7) is 4.40. The summed E-state index contributed by atoms with van der Waals surface area (Å²) >= 11 is 0. The van der Waals surface area contributed by atoms with E-state index in [4.69, 9.17) is 0 Å². The Bertz CT molecular complexity index is 691. The molecule has 0 spiro atoms. The third-order valence-corrected chi connectivity index (χ3v) is 3.81. The minimum absolute atomic E-state index is 0.535. The lowest BCUT2D eigenvalue weighted by atomic mass is 9.97. The van der Waals surface area contributed by atoms with Gasteiger partial charge in [-0.15, -0.1) is 0 Å². The van der Waals surface area contributed by atoms with Crippen molar-refractivity contribution in [1.82, 2.24) is 0 Å². The molecule has 0 fully saturated rings. The monoisotopic (exact) mass is 284 g/mol. The molecule has 0 nitrogen and oxygen atoms in total. The Hall–Kier alpha value is -1.96. The van der Waals surface area contributed by atoms with Crippen LogP contribution in [0.1, 0.15) is 31.4 Å². The van der Waals surface area contributed by atoms with Crippen molar-refractivity contribution in [2.45, 2.75) is 26.7 Å². The minimum Gasteiger partial charge on any atom is -0.207 e. The van der Waals surface area contributed by atoms with Crippen LogP contribution in [0.2, 0.25) is 0 Å². The molecule has 2 heteroatoms. The van der Waals surface area contributed by atoms with E-state index in [1.807, 2.05) is 12.1 Å². The molecule has 2 aromatic rings. The van der Waals surface area contributed by atoms with Crippen molar-refractivity contribution in [3.8, 4) is 11.1 Å². The van der Waals surface area contributed by atoms with Crippen LogP contribution in [0.3, 0.4) is 0 Å². The summed E-state index contributed by atoms with van der Waals surface area (Å²) in [7, 11) is 0. The smallest absolute Gasteiger partial charge is 0.126 e. The number of rotatable bonds is 3. The van der Waals surface area contributed by atoms with E-state index in [2.05, 4.69) is 26.0 Å². The summed E-state index contributed by atoms with van der Waals surface area (Å²) < 4.78 is 26.9. The number of hydrogen-bond donors (Lipinski definition) is 0. The minimum atomic E-state index is -0.535. The fourth-order valence-electron chi connectivity index (χ4n) is 3.05. The van der Waals surface area contributed by atoms with Gasteiger partial charge in [0.05, 0.1) is 0 Å². The maximum Gasteiger partial charge on any atom is 0.126 e. The van der Waals surface area contributed by atoms with Gasteiger partial charge in [-0.2, -0.15) is 0 Å². The van der Waals surface area contributed by atoms with Crippen LogP contribution in [-0.2, 0) is 6.42 Å². The van der Waals surface area contributed by atoms with Crippen LogP contribution in [0.25, 0.3) is 17.2 Å². The Kier molecular flexibility index (Phi) is 3.62. The van der Waals surface area contributed by atoms with E-state index in [0.29, 0.717) is 11.5 Å². The third-order valence-electron chi connectivity index (χ3n) is 3.81. The third kappa shape index (κ3) is 2.90. The Morgan fingerprint density at radius 1 is 1.05 bits per heavy atom. The van der Waals surface area contributed by atoms with Crippen molar-refractivity contribution in [1.29, 1.82) is 0 Å². The lowest BCUT2D eigenvalue weighted by molar-refractivity contribution is 0.584. The molecule has 0 saturated carbocycles. The second-order valence-corrected chi connectivity index (χ2v) is 6.11. The van der Waals surface area contributed by atoms with Gasteiger partial charge in [-0.25, -0.2) is 8.78 Å². The first kappa shape index (κ1) is 14.0. The highest BCUT2D eigenvalue weighted by molar-refractivity contribution is 5.80. The van der Waals surface area contributed by atoms with Gasteiger partial charge in [0.15, 0.2) is 0 Å². The molecule has 108 valence electrons. The van der Waals surface area contributed by atoms with E-state index in [1.54, 1.807) is 0 Å². The summed E-state index contributed by atoms with van der Waals surface area (Å²) in [6, 6.07) is 9.69. The Balaban J connectivity index is 2.06. The summed E-state index contributed by atoms with van der Waals surface area (Å²) in [5.74, 6) is -0.459. The van der Waals surface area contributed by atoms with E-state index in [9.17, 15) is 8.78 Å². The first-order valence-electron chi connectivity index (χ1n) is 7.30. The molecule has 0 radical (unpaired) electrons. The van der Waals surface area contributed by atoms with Crippen LogP contribution in [0.15, 0.2) is 42.0 Å². The van der Waals surface area contributed by atoms with Gasteiger partial charge in [0.1, 0.15) is 11.6 Å². The second-order valence-electron chi connectivity index (χ2n) is 6.11. The van der Waals surface area contributed by atoms with Crippen molar-refractivity contribution < 1.29 is 8.78 Å². The molecular weight excluding hydrogens is 266 g/mol. The van der Waals surface area contributed by atoms with Crippen molar-refractivity contribution in [3.63, 3.8) is 0 Å². The highest BCUT2D eigenvalue weighted by atomic mass is 19.1. The molecule has 0 aliphatic heterocycles.